The SMILES string of the molecule is CC(=CC(=O)O)CNC1CN2CCC1CC2. The Labute approximate surface area is 96.3 Å². The van der Waals surface area contributed by atoms with Crippen molar-refractivity contribution in [1.82, 2.24) is 10.2 Å². The van der Waals surface area contributed by atoms with Crippen molar-refractivity contribution in [2.24, 2.45) is 5.92 Å². The molecule has 0 aromatic carbocycles. The molecule has 0 radical (unpaired) electrons. The number of carboxylic acids is 1. The summed E-state index contributed by atoms with van der Waals surface area (Å²) >= 11 is 0. The highest BCUT2D eigenvalue weighted by Gasteiger charge is 2.33. The quantitative estimate of drug-likeness (QED) is 0.690. The Bertz CT molecular complexity index is 293. The van der Waals surface area contributed by atoms with Crippen LogP contribution < -0.4 is 5.32 Å². The van der Waals surface area contributed by atoms with E-state index in [4.69, 9.17) is 5.11 Å². The van der Waals surface area contributed by atoms with Gasteiger partial charge in [-0.05, 0) is 38.8 Å². The Hall–Kier alpha value is -0.870. The molecule has 1 unspecified atom stereocenters. The molecular formula is C12H20N2O2. The van der Waals surface area contributed by atoms with Gasteiger partial charge in [-0.2, -0.15) is 0 Å². The highest BCUT2D eigenvalue weighted by molar-refractivity contribution is 5.80. The second-order valence-corrected chi connectivity index (χ2v) is 4.95. The normalized spacial score (nSPS) is 34.1. The number of carbonyl (C=O) groups is 1. The van der Waals surface area contributed by atoms with E-state index in [1.165, 1.54) is 32.0 Å². The van der Waals surface area contributed by atoms with E-state index in [0.717, 1.165) is 18.0 Å². The van der Waals surface area contributed by atoms with E-state index in [0.29, 0.717) is 12.6 Å². The summed E-state index contributed by atoms with van der Waals surface area (Å²) in [6, 6.07) is 0.555. The van der Waals surface area contributed by atoms with Gasteiger partial charge in [-0.1, -0.05) is 5.57 Å². The van der Waals surface area contributed by atoms with Crippen molar-refractivity contribution in [2.75, 3.05) is 26.2 Å². The molecule has 3 fully saturated rings. The summed E-state index contributed by atoms with van der Waals surface area (Å²) in [6.45, 7) is 6.18. The molecule has 0 aromatic rings. The minimum Gasteiger partial charge on any atom is -0.478 e. The van der Waals surface area contributed by atoms with Gasteiger partial charge in [0.1, 0.15) is 0 Å². The number of aliphatic carboxylic acids is 1. The average Bonchev–Trinajstić information content (AvgIpc) is 2.27. The van der Waals surface area contributed by atoms with Gasteiger partial charge in [0.15, 0.2) is 0 Å². The Balaban J connectivity index is 1.80. The number of hydrogen-bond acceptors (Lipinski definition) is 3. The van der Waals surface area contributed by atoms with Gasteiger partial charge in [-0.15, -0.1) is 0 Å². The Morgan fingerprint density at radius 3 is 2.69 bits per heavy atom. The fourth-order valence-electron chi connectivity index (χ4n) is 2.75. The van der Waals surface area contributed by atoms with E-state index in [2.05, 4.69) is 10.2 Å². The molecule has 4 nitrogen and oxygen atoms in total. The molecule has 0 amide bonds. The van der Waals surface area contributed by atoms with Gasteiger partial charge in [0.2, 0.25) is 0 Å². The molecule has 0 aromatic heterocycles. The van der Waals surface area contributed by atoms with Crippen molar-refractivity contribution < 1.29 is 9.90 Å². The maximum Gasteiger partial charge on any atom is 0.328 e. The fraction of sp³-hybridized carbons (Fsp3) is 0.750. The average molecular weight is 224 g/mol. The highest BCUT2D eigenvalue weighted by atomic mass is 16.4. The number of nitrogens with one attached hydrogen (secondary N) is 1. The van der Waals surface area contributed by atoms with Gasteiger partial charge in [0.25, 0.3) is 0 Å². The Kier molecular flexibility index (Phi) is 3.61. The van der Waals surface area contributed by atoms with Crippen molar-refractivity contribution in [2.45, 2.75) is 25.8 Å². The molecule has 3 heterocycles. The Morgan fingerprint density at radius 1 is 1.50 bits per heavy atom. The van der Waals surface area contributed by atoms with Gasteiger partial charge < -0.3 is 15.3 Å². The molecule has 3 aliphatic heterocycles. The number of piperidine rings is 3. The van der Waals surface area contributed by atoms with E-state index in [1.54, 1.807) is 0 Å². The lowest BCUT2D eigenvalue weighted by molar-refractivity contribution is -0.131. The molecule has 0 aliphatic carbocycles. The maximum atomic E-state index is 10.5. The molecule has 3 saturated heterocycles. The largest absolute Gasteiger partial charge is 0.478 e. The van der Waals surface area contributed by atoms with Crippen LogP contribution in [0, 0.1) is 5.92 Å². The van der Waals surface area contributed by atoms with Gasteiger partial charge in [-0.3, -0.25) is 0 Å². The topological polar surface area (TPSA) is 52.6 Å². The molecule has 2 N–H and O–H groups in total. The molecule has 0 spiro atoms. The molecule has 1 atom stereocenters. The molecule has 16 heavy (non-hydrogen) atoms. The number of rotatable bonds is 4. The third-order valence-electron chi connectivity index (χ3n) is 3.67. The van der Waals surface area contributed by atoms with Crippen LogP contribution >= 0.6 is 0 Å². The first-order chi connectivity index (χ1) is 7.65. The van der Waals surface area contributed by atoms with Gasteiger partial charge in [0.05, 0.1) is 0 Å². The standard InChI is InChI=1S/C12H20N2O2/c1-9(6-12(15)16)7-13-11-8-14-4-2-10(11)3-5-14/h6,10-11,13H,2-5,7-8H2,1H3,(H,15,16). The van der Waals surface area contributed by atoms with Crippen molar-refractivity contribution >= 4 is 5.97 Å². The van der Waals surface area contributed by atoms with Crippen molar-refractivity contribution in [3.05, 3.63) is 11.6 Å². The Morgan fingerprint density at radius 2 is 2.19 bits per heavy atom. The predicted molar refractivity (Wildman–Crippen MR) is 62.3 cm³/mol. The smallest absolute Gasteiger partial charge is 0.328 e. The molecule has 3 aliphatic rings. The van der Waals surface area contributed by atoms with Crippen molar-refractivity contribution in [3.63, 3.8) is 0 Å². The van der Waals surface area contributed by atoms with Gasteiger partial charge in [0, 0.05) is 25.2 Å². The first-order valence-electron chi connectivity index (χ1n) is 6.01. The zero-order valence-corrected chi connectivity index (χ0v) is 9.78. The summed E-state index contributed by atoms with van der Waals surface area (Å²) in [5.41, 5.74) is 0.893. The lowest BCUT2D eigenvalue weighted by atomic mass is 9.84. The number of hydrogen-bond donors (Lipinski definition) is 2. The van der Waals surface area contributed by atoms with E-state index in [1.807, 2.05) is 6.92 Å². The first-order valence-corrected chi connectivity index (χ1v) is 6.01. The minimum absolute atomic E-state index is 0.555. The van der Waals surface area contributed by atoms with Crippen LogP contribution in [0.4, 0.5) is 0 Å². The van der Waals surface area contributed by atoms with Gasteiger partial charge in [-0.25, -0.2) is 4.79 Å². The third kappa shape index (κ3) is 2.83. The lowest BCUT2D eigenvalue weighted by Crippen LogP contribution is -2.56. The summed E-state index contributed by atoms with van der Waals surface area (Å²) in [5, 5.41) is 12.1. The number of carboxylic acid groups (broad SMARTS) is 1. The van der Waals surface area contributed by atoms with Crippen LogP contribution in [0.1, 0.15) is 19.8 Å². The number of nitrogens with zero attached hydrogens (tertiary/aromatic N) is 1. The molecule has 90 valence electrons. The zero-order valence-electron chi connectivity index (χ0n) is 9.78. The van der Waals surface area contributed by atoms with Crippen LogP contribution in [-0.2, 0) is 4.79 Å². The second-order valence-electron chi connectivity index (χ2n) is 4.95. The summed E-state index contributed by atoms with van der Waals surface area (Å²) in [4.78, 5) is 13.0. The molecule has 3 rings (SSSR count). The van der Waals surface area contributed by atoms with Crippen molar-refractivity contribution in [3.8, 4) is 0 Å². The minimum atomic E-state index is -0.854. The van der Waals surface area contributed by atoms with Crippen LogP contribution in [-0.4, -0.2) is 48.2 Å². The summed E-state index contributed by atoms with van der Waals surface area (Å²) in [7, 11) is 0. The first kappa shape index (κ1) is 11.6. The summed E-state index contributed by atoms with van der Waals surface area (Å²) < 4.78 is 0. The van der Waals surface area contributed by atoms with Crippen LogP contribution in [0.2, 0.25) is 0 Å². The molecule has 2 bridgehead atoms. The van der Waals surface area contributed by atoms with E-state index >= 15 is 0 Å². The van der Waals surface area contributed by atoms with E-state index < -0.39 is 5.97 Å². The molecule has 4 heteroatoms. The fourth-order valence-corrected chi connectivity index (χ4v) is 2.75. The predicted octanol–water partition coefficient (Wildman–Crippen LogP) is 0.701. The molecule has 0 saturated carbocycles. The van der Waals surface area contributed by atoms with E-state index in [9.17, 15) is 4.79 Å². The summed E-state index contributed by atoms with van der Waals surface area (Å²) in [6.07, 6.45) is 3.87. The zero-order chi connectivity index (χ0) is 11.5. The van der Waals surface area contributed by atoms with Crippen molar-refractivity contribution in [1.29, 1.82) is 0 Å². The van der Waals surface area contributed by atoms with Crippen LogP contribution in [0.3, 0.4) is 0 Å². The van der Waals surface area contributed by atoms with Gasteiger partial charge >= 0.3 is 5.97 Å². The lowest BCUT2D eigenvalue weighted by Gasteiger charge is -2.45. The third-order valence-corrected chi connectivity index (χ3v) is 3.67. The monoisotopic (exact) mass is 224 g/mol. The highest BCUT2D eigenvalue weighted by Crippen LogP contribution is 2.27. The van der Waals surface area contributed by atoms with Crippen LogP contribution in [0.25, 0.3) is 0 Å². The van der Waals surface area contributed by atoms with Crippen LogP contribution in [0.5, 0.6) is 0 Å². The molecular weight excluding hydrogens is 204 g/mol. The summed E-state index contributed by atoms with van der Waals surface area (Å²) in [5.74, 6) is -0.0594. The van der Waals surface area contributed by atoms with E-state index in [-0.39, 0.29) is 0 Å². The number of fused-ring (bicyclic) bond motifs is 3. The maximum absolute atomic E-state index is 10.5. The second kappa shape index (κ2) is 4.97. The van der Waals surface area contributed by atoms with Crippen LogP contribution in [0.15, 0.2) is 11.6 Å².